The first-order valence-corrected chi connectivity index (χ1v) is 3.98. The third-order valence-electron chi connectivity index (χ3n) is 1.96. The predicted molar refractivity (Wildman–Crippen MR) is 48.4 cm³/mol. The van der Waals surface area contributed by atoms with Crippen molar-refractivity contribution in [3.05, 3.63) is 24.3 Å². The molecule has 0 aromatic heterocycles. The van der Waals surface area contributed by atoms with E-state index in [9.17, 15) is 4.79 Å². The van der Waals surface area contributed by atoms with Crippen LogP contribution in [0.1, 0.15) is 27.2 Å². The fourth-order valence-corrected chi connectivity index (χ4v) is 1.12. The topological polar surface area (TPSA) is 17.1 Å². The van der Waals surface area contributed by atoms with Gasteiger partial charge in [0.2, 0.25) is 0 Å². The molecule has 0 heterocycles. The van der Waals surface area contributed by atoms with Crippen LogP contribution >= 0.6 is 0 Å². The van der Waals surface area contributed by atoms with Crippen molar-refractivity contribution in [3.63, 3.8) is 0 Å². The van der Waals surface area contributed by atoms with E-state index in [2.05, 4.69) is 13.5 Å². The van der Waals surface area contributed by atoms with Crippen LogP contribution in [0.25, 0.3) is 0 Å². The Labute approximate surface area is 68.8 Å². The van der Waals surface area contributed by atoms with Crippen molar-refractivity contribution in [3.8, 4) is 0 Å². The lowest BCUT2D eigenvalue weighted by molar-refractivity contribution is -0.116. The lowest BCUT2D eigenvalue weighted by atomic mass is 9.94. The molecule has 0 aliphatic carbocycles. The summed E-state index contributed by atoms with van der Waals surface area (Å²) < 4.78 is 0. The highest BCUT2D eigenvalue weighted by Gasteiger charge is 2.11. The summed E-state index contributed by atoms with van der Waals surface area (Å²) in [6.45, 7) is 9.40. The largest absolute Gasteiger partial charge is 0.294 e. The van der Waals surface area contributed by atoms with Crippen molar-refractivity contribution >= 4 is 5.78 Å². The summed E-state index contributed by atoms with van der Waals surface area (Å²) >= 11 is 0. The summed E-state index contributed by atoms with van der Waals surface area (Å²) in [5, 5.41) is 0. The first-order chi connectivity index (χ1) is 5.17. The Morgan fingerprint density at radius 1 is 1.64 bits per heavy atom. The maximum atomic E-state index is 11.1. The molecule has 1 nitrogen and oxygen atoms in total. The van der Waals surface area contributed by atoms with Gasteiger partial charge < -0.3 is 0 Å². The number of allylic oxidation sites excluding steroid dienone is 3. The van der Waals surface area contributed by atoms with E-state index in [0.29, 0.717) is 0 Å². The Morgan fingerprint density at radius 2 is 2.18 bits per heavy atom. The van der Waals surface area contributed by atoms with Crippen LogP contribution < -0.4 is 0 Å². The molecule has 62 valence electrons. The van der Waals surface area contributed by atoms with Gasteiger partial charge in [-0.2, -0.15) is 0 Å². The van der Waals surface area contributed by atoms with Gasteiger partial charge in [-0.3, -0.25) is 4.79 Å². The molecule has 0 N–H and O–H groups in total. The van der Waals surface area contributed by atoms with Crippen molar-refractivity contribution in [2.45, 2.75) is 27.2 Å². The monoisotopic (exact) mass is 152 g/mol. The average Bonchev–Trinajstić information content (AvgIpc) is 2.05. The van der Waals surface area contributed by atoms with E-state index >= 15 is 0 Å². The number of hydrogen-bond donors (Lipinski definition) is 0. The number of rotatable bonds is 4. The molecule has 0 fully saturated rings. The lowest BCUT2D eigenvalue weighted by Crippen LogP contribution is -2.09. The Balaban J connectivity index is 4.33. The minimum Gasteiger partial charge on any atom is -0.294 e. The van der Waals surface area contributed by atoms with E-state index in [0.717, 1.165) is 6.42 Å². The zero-order valence-electron chi connectivity index (χ0n) is 7.55. The Bertz CT molecular complexity index is 177. The second kappa shape index (κ2) is 4.89. The van der Waals surface area contributed by atoms with Crippen LogP contribution in [0.5, 0.6) is 0 Å². The minimum absolute atomic E-state index is 0.0162. The fourth-order valence-electron chi connectivity index (χ4n) is 1.12. The van der Waals surface area contributed by atoms with Gasteiger partial charge in [0.05, 0.1) is 0 Å². The summed E-state index contributed by atoms with van der Waals surface area (Å²) in [6, 6.07) is 0. The second-order valence-corrected chi connectivity index (χ2v) is 2.55. The van der Waals surface area contributed by atoms with Crippen LogP contribution in [0.3, 0.4) is 0 Å². The highest BCUT2D eigenvalue weighted by atomic mass is 16.1. The van der Waals surface area contributed by atoms with Gasteiger partial charge in [-0.15, -0.1) is 0 Å². The Kier molecular flexibility index (Phi) is 4.51. The second-order valence-electron chi connectivity index (χ2n) is 2.55. The number of carbonyl (C=O) groups excluding carboxylic acids is 1. The molecule has 0 saturated heterocycles. The zero-order valence-corrected chi connectivity index (χ0v) is 7.55. The fraction of sp³-hybridized carbons (Fsp3) is 0.500. The van der Waals surface area contributed by atoms with E-state index in [1.54, 1.807) is 0 Å². The highest BCUT2D eigenvalue weighted by molar-refractivity contribution is 5.92. The molecular formula is C10H16O. The Hall–Kier alpha value is -0.850. The number of carbonyl (C=O) groups is 1. The zero-order chi connectivity index (χ0) is 8.85. The van der Waals surface area contributed by atoms with Gasteiger partial charge in [0.25, 0.3) is 0 Å². The predicted octanol–water partition coefficient (Wildman–Crippen LogP) is 2.73. The maximum absolute atomic E-state index is 11.1. The average molecular weight is 152 g/mol. The van der Waals surface area contributed by atoms with Gasteiger partial charge in [0, 0.05) is 5.92 Å². The molecule has 1 unspecified atom stereocenters. The van der Waals surface area contributed by atoms with Crippen molar-refractivity contribution in [2.24, 2.45) is 5.92 Å². The van der Waals surface area contributed by atoms with Crippen molar-refractivity contribution in [2.75, 3.05) is 0 Å². The number of ketones is 1. The molecule has 0 aromatic carbocycles. The SMILES string of the molecule is C=CC(=O)C(C)/C(=C/C)CC. The molecule has 0 aliphatic rings. The van der Waals surface area contributed by atoms with Crippen LogP contribution in [0.15, 0.2) is 24.3 Å². The van der Waals surface area contributed by atoms with Crippen molar-refractivity contribution in [1.82, 2.24) is 0 Å². The summed E-state index contributed by atoms with van der Waals surface area (Å²) in [5.74, 6) is 0.127. The Morgan fingerprint density at radius 3 is 2.45 bits per heavy atom. The summed E-state index contributed by atoms with van der Waals surface area (Å²) in [6.07, 6.45) is 4.34. The smallest absolute Gasteiger partial charge is 0.161 e. The number of hydrogen-bond acceptors (Lipinski definition) is 1. The van der Waals surface area contributed by atoms with E-state index in [1.165, 1.54) is 11.6 Å². The van der Waals surface area contributed by atoms with Gasteiger partial charge in [-0.25, -0.2) is 0 Å². The standard InChI is InChI=1S/C10H16O/c1-5-9(6-2)8(4)10(11)7-3/h5,7-8H,3,6H2,1-2,4H3/b9-5+. The molecule has 0 amide bonds. The highest BCUT2D eigenvalue weighted by Crippen LogP contribution is 2.14. The van der Waals surface area contributed by atoms with Crippen molar-refractivity contribution in [1.29, 1.82) is 0 Å². The van der Waals surface area contributed by atoms with Crippen molar-refractivity contribution < 1.29 is 4.79 Å². The van der Waals surface area contributed by atoms with Gasteiger partial charge in [-0.1, -0.05) is 32.1 Å². The molecule has 1 atom stereocenters. The van der Waals surface area contributed by atoms with Crippen LogP contribution in [-0.2, 0) is 4.79 Å². The van der Waals surface area contributed by atoms with Gasteiger partial charge in [0.1, 0.15) is 0 Å². The van der Waals surface area contributed by atoms with Gasteiger partial charge >= 0.3 is 0 Å². The van der Waals surface area contributed by atoms with E-state index in [1.807, 2.05) is 19.9 Å². The molecule has 11 heavy (non-hydrogen) atoms. The van der Waals surface area contributed by atoms with Crippen LogP contribution in [0.4, 0.5) is 0 Å². The molecule has 0 rings (SSSR count). The lowest BCUT2D eigenvalue weighted by Gasteiger charge is -2.09. The molecule has 0 saturated carbocycles. The molecule has 0 radical (unpaired) electrons. The molecule has 0 spiro atoms. The first-order valence-electron chi connectivity index (χ1n) is 3.98. The molecule has 0 bridgehead atoms. The van der Waals surface area contributed by atoms with Gasteiger partial charge in [-0.05, 0) is 19.4 Å². The van der Waals surface area contributed by atoms with Crippen LogP contribution in [0.2, 0.25) is 0 Å². The minimum atomic E-state index is 0.0162. The normalized spacial score (nSPS) is 14.3. The summed E-state index contributed by atoms with van der Waals surface area (Å²) in [5.41, 5.74) is 1.19. The van der Waals surface area contributed by atoms with E-state index in [-0.39, 0.29) is 11.7 Å². The van der Waals surface area contributed by atoms with E-state index < -0.39 is 0 Å². The van der Waals surface area contributed by atoms with Crippen LogP contribution in [0, 0.1) is 5.92 Å². The molecular weight excluding hydrogens is 136 g/mol. The molecule has 0 aliphatic heterocycles. The first kappa shape index (κ1) is 10.2. The third kappa shape index (κ3) is 2.71. The molecule has 0 aromatic rings. The third-order valence-corrected chi connectivity index (χ3v) is 1.96. The van der Waals surface area contributed by atoms with Gasteiger partial charge in [0.15, 0.2) is 5.78 Å². The maximum Gasteiger partial charge on any atom is 0.161 e. The van der Waals surface area contributed by atoms with E-state index in [4.69, 9.17) is 0 Å². The molecule has 1 heteroatoms. The quantitative estimate of drug-likeness (QED) is 0.447. The summed E-state index contributed by atoms with van der Waals surface area (Å²) in [7, 11) is 0. The van der Waals surface area contributed by atoms with Crippen LogP contribution in [-0.4, -0.2) is 5.78 Å². The summed E-state index contributed by atoms with van der Waals surface area (Å²) in [4.78, 5) is 11.1.